The van der Waals surface area contributed by atoms with Crippen LogP contribution >= 0.6 is 0 Å². The predicted molar refractivity (Wildman–Crippen MR) is 58.2 cm³/mol. The molecule has 0 radical (unpaired) electrons. The topological polar surface area (TPSA) is 91.7 Å². The van der Waals surface area contributed by atoms with E-state index in [1.54, 1.807) is 30.3 Å². The van der Waals surface area contributed by atoms with Crippen LogP contribution in [-0.2, 0) is 14.9 Å². The van der Waals surface area contributed by atoms with Crippen molar-refractivity contribution in [1.29, 1.82) is 0 Å². The zero-order valence-electron chi connectivity index (χ0n) is 8.20. The maximum Gasteiger partial charge on any atom is 0.308 e. The number of carbonyl (C=O) groups is 1. The fourth-order valence-electron chi connectivity index (χ4n) is 1.10. The summed E-state index contributed by atoms with van der Waals surface area (Å²) in [4.78, 5) is 9.89. The summed E-state index contributed by atoms with van der Waals surface area (Å²) in [5.41, 5.74) is 0.511. The van der Waals surface area contributed by atoms with E-state index in [2.05, 4.69) is 0 Å². The molecule has 6 heteroatoms. The Hall–Kier alpha value is -1.66. The van der Waals surface area contributed by atoms with Crippen LogP contribution in [-0.4, -0.2) is 24.0 Å². The summed E-state index contributed by atoms with van der Waals surface area (Å²) in [7, 11) is -4.48. The second-order valence-electron chi connectivity index (χ2n) is 3.07. The van der Waals surface area contributed by atoms with E-state index in [9.17, 15) is 13.2 Å². The Morgan fingerprint density at radius 1 is 1.25 bits per heavy atom. The van der Waals surface area contributed by atoms with Crippen molar-refractivity contribution in [2.24, 2.45) is 0 Å². The molecule has 0 aliphatic carbocycles. The molecule has 0 saturated carbocycles. The van der Waals surface area contributed by atoms with Gasteiger partial charge in [-0.25, -0.2) is 0 Å². The molecule has 1 rings (SSSR count). The van der Waals surface area contributed by atoms with Crippen LogP contribution in [0.15, 0.2) is 35.2 Å². The first-order valence-corrected chi connectivity index (χ1v) is 5.78. The maximum atomic E-state index is 10.9. The van der Waals surface area contributed by atoms with Crippen molar-refractivity contribution in [2.45, 2.75) is 6.42 Å². The molecule has 0 aliphatic heterocycles. The molecule has 0 fully saturated rings. The summed E-state index contributed by atoms with van der Waals surface area (Å²) in [6.45, 7) is 0. The maximum absolute atomic E-state index is 10.9. The van der Waals surface area contributed by atoms with Gasteiger partial charge in [0.2, 0.25) is 0 Å². The standard InChI is InChI=1S/C10H10O5S/c11-10(12)7-9(16(13,14)15)6-8-4-2-1-3-5-8/h1-6H,7H2,(H,11,12)(H,13,14,15). The van der Waals surface area contributed by atoms with Crippen molar-refractivity contribution in [1.82, 2.24) is 0 Å². The molecule has 0 bridgehead atoms. The van der Waals surface area contributed by atoms with Gasteiger partial charge in [-0.15, -0.1) is 0 Å². The molecule has 86 valence electrons. The van der Waals surface area contributed by atoms with Crippen molar-refractivity contribution < 1.29 is 22.9 Å². The van der Waals surface area contributed by atoms with E-state index in [1.165, 1.54) is 0 Å². The lowest BCUT2D eigenvalue weighted by Crippen LogP contribution is -2.07. The Kier molecular flexibility index (Phi) is 3.81. The van der Waals surface area contributed by atoms with Gasteiger partial charge in [-0.3, -0.25) is 9.35 Å². The van der Waals surface area contributed by atoms with Gasteiger partial charge in [-0.2, -0.15) is 8.42 Å². The molecule has 0 aromatic heterocycles. The molecule has 5 nitrogen and oxygen atoms in total. The van der Waals surface area contributed by atoms with Gasteiger partial charge < -0.3 is 5.11 Å². The molecule has 0 unspecified atom stereocenters. The van der Waals surface area contributed by atoms with E-state index in [0.29, 0.717) is 5.56 Å². The molecule has 0 aliphatic rings. The summed E-state index contributed by atoms with van der Waals surface area (Å²) < 4.78 is 30.6. The molecule has 0 atom stereocenters. The summed E-state index contributed by atoms with van der Waals surface area (Å²) >= 11 is 0. The number of benzene rings is 1. The lowest BCUT2D eigenvalue weighted by atomic mass is 10.2. The Bertz CT molecular complexity index is 501. The minimum absolute atomic E-state index is 0.511. The van der Waals surface area contributed by atoms with Crippen molar-refractivity contribution in [3.05, 3.63) is 40.8 Å². The number of aliphatic carboxylic acids is 1. The Balaban J connectivity index is 3.12. The van der Waals surface area contributed by atoms with E-state index >= 15 is 0 Å². The monoisotopic (exact) mass is 242 g/mol. The van der Waals surface area contributed by atoms with Gasteiger partial charge in [0.1, 0.15) is 0 Å². The van der Waals surface area contributed by atoms with Gasteiger partial charge in [-0.1, -0.05) is 30.3 Å². The van der Waals surface area contributed by atoms with E-state index < -0.39 is 27.4 Å². The molecule has 16 heavy (non-hydrogen) atoms. The third-order valence-corrected chi connectivity index (χ3v) is 2.71. The largest absolute Gasteiger partial charge is 0.481 e. The lowest BCUT2D eigenvalue weighted by Gasteiger charge is -2.00. The Morgan fingerprint density at radius 2 is 1.81 bits per heavy atom. The third-order valence-electron chi connectivity index (χ3n) is 1.78. The van der Waals surface area contributed by atoms with Crippen LogP contribution < -0.4 is 0 Å². The van der Waals surface area contributed by atoms with E-state index in [4.69, 9.17) is 9.66 Å². The molecule has 0 saturated heterocycles. The SMILES string of the molecule is O=C(O)CC(=Cc1ccccc1)S(=O)(=O)O. The first kappa shape index (κ1) is 12.4. The number of carboxylic acids is 1. The summed E-state index contributed by atoms with van der Waals surface area (Å²) in [6, 6.07) is 8.30. The zero-order valence-corrected chi connectivity index (χ0v) is 9.02. The second-order valence-corrected chi connectivity index (χ2v) is 4.54. The third kappa shape index (κ3) is 3.84. The first-order valence-electron chi connectivity index (χ1n) is 4.34. The smallest absolute Gasteiger partial charge is 0.308 e. The number of hydrogen-bond acceptors (Lipinski definition) is 3. The van der Waals surface area contributed by atoms with Crippen molar-refractivity contribution in [3.8, 4) is 0 Å². The fourth-order valence-corrected chi connectivity index (χ4v) is 1.69. The summed E-state index contributed by atoms with van der Waals surface area (Å²) in [6.07, 6.45) is 0.386. The lowest BCUT2D eigenvalue weighted by molar-refractivity contribution is -0.136. The van der Waals surface area contributed by atoms with Crippen LogP contribution in [0, 0.1) is 0 Å². The molecule has 0 spiro atoms. The number of hydrogen-bond donors (Lipinski definition) is 2. The van der Waals surface area contributed by atoms with Crippen LogP contribution in [0.5, 0.6) is 0 Å². The van der Waals surface area contributed by atoms with Crippen LogP contribution in [0.3, 0.4) is 0 Å². The predicted octanol–water partition coefficient (Wildman–Crippen LogP) is 1.39. The minimum atomic E-state index is -4.48. The molecule has 2 N–H and O–H groups in total. The minimum Gasteiger partial charge on any atom is -0.481 e. The van der Waals surface area contributed by atoms with Gasteiger partial charge in [0.25, 0.3) is 10.1 Å². The van der Waals surface area contributed by atoms with Gasteiger partial charge in [-0.05, 0) is 11.6 Å². The van der Waals surface area contributed by atoms with E-state index in [-0.39, 0.29) is 0 Å². The number of rotatable bonds is 4. The van der Waals surface area contributed by atoms with E-state index in [1.807, 2.05) is 0 Å². The van der Waals surface area contributed by atoms with Crippen LogP contribution in [0.1, 0.15) is 12.0 Å². The van der Waals surface area contributed by atoms with Crippen LogP contribution in [0.25, 0.3) is 6.08 Å². The summed E-state index contributed by atoms with van der Waals surface area (Å²) in [5.74, 6) is -1.32. The van der Waals surface area contributed by atoms with Crippen molar-refractivity contribution >= 4 is 22.2 Å². The van der Waals surface area contributed by atoms with Gasteiger partial charge >= 0.3 is 5.97 Å². The second kappa shape index (κ2) is 4.91. The first-order chi connectivity index (χ1) is 7.39. The van der Waals surface area contributed by atoms with Crippen LogP contribution in [0.4, 0.5) is 0 Å². The fraction of sp³-hybridized carbons (Fsp3) is 0.100. The number of carboxylic acid groups (broad SMARTS) is 1. The molecular weight excluding hydrogens is 232 g/mol. The van der Waals surface area contributed by atoms with Crippen molar-refractivity contribution in [3.63, 3.8) is 0 Å². The molecule has 0 heterocycles. The average Bonchev–Trinajstić information content (AvgIpc) is 2.16. The van der Waals surface area contributed by atoms with Gasteiger partial charge in [0.05, 0.1) is 11.3 Å². The van der Waals surface area contributed by atoms with Gasteiger partial charge in [0.15, 0.2) is 0 Å². The summed E-state index contributed by atoms with van der Waals surface area (Å²) in [5, 5.41) is 8.51. The highest BCUT2D eigenvalue weighted by atomic mass is 32.2. The molecule has 1 aromatic carbocycles. The average molecular weight is 242 g/mol. The highest BCUT2D eigenvalue weighted by Crippen LogP contribution is 2.14. The van der Waals surface area contributed by atoms with Crippen LogP contribution in [0.2, 0.25) is 0 Å². The Labute approximate surface area is 92.8 Å². The molecule has 0 amide bonds. The highest BCUT2D eigenvalue weighted by molar-refractivity contribution is 7.90. The quantitative estimate of drug-likeness (QED) is 0.778. The van der Waals surface area contributed by atoms with E-state index in [0.717, 1.165) is 6.08 Å². The molecular formula is C10H10O5S. The molecule has 1 aromatic rings. The van der Waals surface area contributed by atoms with Crippen molar-refractivity contribution in [2.75, 3.05) is 0 Å². The Morgan fingerprint density at radius 3 is 2.25 bits per heavy atom. The van der Waals surface area contributed by atoms with Gasteiger partial charge in [0, 0.05) is 0 Å². The normalized spacial score (nSPS) is 12.4. The highest BCUT2D eigenvalue weighted by Gasteiger charge is 2.17. The zero-order chi connectivity index (χ0) is 12.2.